The molecule has 0 spiro atoms. The number of rotatable bonds is 4. The molecule has 130 valence electrons. The first-order valence-corrected chi connectivity index (χ1v) is 8.15. The summed E-state index contributed by atoms with van der Waals surface area (Å²) in [5, 5.41) is 20.4. The quantitative estimate of drug-likeness (QED) is 0.704. The van der Waals surface area contributed by atoms with Gasteiger partial charge in [-0.1, -0.05) is 19.3 Å². The van der Waals surface area contributed by atoms with Crippen LogP contribution in [0.1, 0.15) is 38.3 Å². The van der Waals surface area contributed by atoms with Gasteiger partial charge in [0, 0.05) is 6.42 Å². The van der Waals surface area contributed by atoms with Crippen molar-refractivity contribution in [3.63, 3.8) is 0 Å². The predicted octanol–water partition coefficient (Wildman–Crippen LogP) is 0.749. The molecule has 3 atom stereocenters. The Kier molecular flexibility index (Phi) is 3.66. The van der Waals surface area contributed by atoms with Crippen LogP contribution in [0.3, 0.4) is 0 Å². The maximum absolute atomic E-state index is 13.5. The van der Waals surface area contributed by atoms with E-state index in [2.05, 4.69) is 15.0 Å². The highest BCUT2D eigenvalue weighted by molar-refractivity contribution is 5.81. The van der Waals surface area contributed by atoms with E-state index in [0.29, 0.717) is 12.3 Å². The number of aliphatic hydroxyl groups excluding tert-OH is 2. The molecule has 0 radical (unpaired) electrons. The van der Waals surface area contributed by atoms with Crippen LogP contribution in [0.4, 0.5) is 10.2 Å². The van der Waals surface area contributed by atoms with Gasteiger partial charge in [0.25, 0.3) is 0 Å². The van der Waals surface area contributed by atoms with Crippen LogP contribution < -0.4 is 5.73 Å². The first-order valence-electron chi connectivity index (χ1n) is 8.15. The standard InChI is InChI=1S/C15H20FN5O3/c16-14-19-12(17)11-13(20-14)21(7-18-11)10-4-9(23)15(6-22,24-10)5-8-2-1-3-8/h7-10,22-23H,1-6H2,(H2,17,19,20)/t9-,10+,15+/m0/s1. The second-order valence-electron chi connectivity index (χ2n) is 6.75. The Morgan fingerprint density at radius 1 is 1.42 bits per heavy atom. The molecule has 0 amide bonds. The number of aliphatic hydroxyl groups is 2. The number of halogens is 1. The lowest BCUT2D eigenvalue weighted by Crippen LogP contribution is -2.45. The summed E-state index contributed by atoms with van der Waals surface area (Å²) in [5.41, 5.74) is 5.18. The zero-order valence-electron chi connectivity index (χ0n) is 13.1. The maximum Gasteiger partial charge on any atom is 0.312 e. The molecular formula is C15H20FN5O3. The fraction of sp³-hybridized carbons (Fsp3) is 0.667. The summed E-state index contributed by atoms with van der Waals surface area (Å²) in [6.07, 6.45) is 3.33. The van der Waals surface area contributed by atoms with Crippen molar-refractivity contribution >= 4 is 17.0 Å². The van der Waals surface area contributed by atoms with Crippen LogP contribution >= 0.6 is 0 Å². The third-order valence-electron chi connectivity index (χ3n) is 5.26. The fourth-order valence-corrected chi connectivity index (χ4v) is 3.67. The first kappa shape index (κ1) is 15.7. The molecule has 1 aliphatic heterocycles. The van der Waals surface area contributed by atoms with Gasteiger partial charge < -0.3 is 20.7 Å². The molecule has 2 aromatic rings. The van der Waals surface area contributed by atoms with Crippen molar-refractivity contribution in [2.75, 3.05) is 12.3 Å². The Morgan fingerprint density at radius 3 is 2.88 bits per heavy atom. The molecule has 24 heavy (non-hydrogen) atoms. The number of fused-ring (bicyclic) bond motifs is 1. The van der Waals surface area contributed by atoms with Crippen molar-refractivity contribution in [1.82, 2.24) is 19.5 Å². The number of ether oxygens (including phenoxy) is 1. The molecule has 1 saturated carbocycles. The first-order chi connectivity index (χ1) is 11.5. The van der Waals surface area contributed by atoms with E-state index in [1.165, 1.54) is 17.3 Å². The van der Waals surface area contributed by atoms with Gasteiger partial charge in [0.05, 0.1) is 19.0 Å². The van der Waals surface area contributed by atoms with Crippen LogP contribution in [0.15, 0.2) is 6.33 Å². The summed E-state index contributed by atoms with van der Waals surface area (Å²) in [6, 6.07) is 0. The predicted molar refractivity (Wildman–Crippen MR) is 82.2 cm³/mol. The Labute approximate surface area is 137 Å². The van der Waals surface area contributed by atoms with Crippen LogP contribution in [0.5, 0.6) is 0 Å². The number of hydrogen-bond donors (Lipinski definition) is 3. The van der Waals surface area contributed by atoms with Gasteiger partial charge in [0.15, 0.2) is 17.0 Å². The summed E-state index contributed by atoms with van der Waals surface area (Å²) in [7, 11) is 0. The number of nitrogen functional groups attached to an aromatic ring is 1. The highest BCUT2D eigenvalue weighted by Crippen LogP contribution is 2.45. The van der Waals surface area contributed by atoms with Crippen LogP contribution in [-0.2, 0) is 4.74 Å². The average molecular weight is 337 g/mol. The largest absolute Gasteiger partial charge is 0.393 e. The number of imidazole rings is 1. The molecule has 0 bridgehead atoms. The lowest BCUT2D eigenvalue weighted by atomic mass is 9.76. The number of anilines is 1. The van der Waals surface area contributed by atoms with E-state index < -0.39 is 24.0 Å². The maximum atomic E-state index is 13.5. The normalized spacial score (nSPS) is 30.8. The SMILES string of the molecule is Nc1nc(F)nc2c1ncn2[C@H]1C[C@H](O)[C@](CO)(CC2CCC2)O1. The second-order valence-corrected chi connectivity index (χ2v) is 6.75. The molecule has 3 heterocycles. The summed E-state index contributed by atoms with van der Waals surface area (Å²) in [4.78, 5) is 11.3. The van der Waals surface area contributed by atoms with Crippen LogP contribution in [-0.4, -0.2) is 48.0 Å². The molecule has 2 aliphatic rings. The van der Waals surface area contributed by atoms with Gasteiger partial charge in [-0.3, -0.25) is 4.57 Å². The van der Waals surface area contributed by atoms with E-state index in [0.717, 1.165) is 12.8 Å². The van der Waals surface area contributed by atoms with E-state index in [1.807, 2.05) is 0 Å². The summed E-state index contributed by atoms with van der Waals surface area (Å²) < 4.78 is 21.1. The van der Waals surface area contributed by atoms with Crippen molar-refractivity contribution < 1.29 is 19.3 Å². The van der Waals surface area contributed by atoms with Gasteiger partial charge in [0.2, 0.25) is 0 Å². The van der Waals surface area contributed by atoms with Crippen molar-refractivity contribution in [2.45, 2.75) is 50.0 Å². The molecule has 0 unspecified atom stereocenters. The number of hydrogen-bond acceptors (Lipinski definition) is 7. The lowest BCUT2D eigenvalue weighted by Gasteiger charge is -2.37. The van der Waals surface area contributed by atoms with E-state index in [9.17, 15) is 14.6 Å². The average Bonchev–Trinajstić information content (AvgIpc) is 3.05. The summed E-state index contributed by atoms with van der Waals surface area (Å²) in [6.45, 7) is -0.265. The van der Waals surface area contributed by atoms with E-state index in [-0.39, 0.29) is 30.0 Å². The highest BCUT2D eigenvalue weighted by Gasteiger charge is 2.50. The van der Waals surface area contributed by atoms with Gasteiger partial charge in [-0.15, -0.1) is 0 Å². The third kappa shape index (κ3) is 2.35. The van der Waals surface area contributed by atoms with Gasteiger partial charge in [-0.05, 0) is 12.3 Å². The zero-order valence-corrected chi connectivity index (χ0v) is 13.1. The molecular weight excluding hydrogens is 317 g/mol. The molecule has 1 aliphatic carbocycles. The molecule has 0 aromatic carbocycles. The Bertz CT molecular complexity index is 765. The second kappa shape index (κ2) is 5.61. The minimum absolute atomic E-state index is 0.0438. The lowest BCUT2D eigenvalue weighted by molar-refractivity contribution is -0.141. The van der Waals surface area contributed by atoms with Crippen LogP contribution in [0.25, 0.3) is 11.2 Å². The minimum Gasteiger partial charge on any atom is -0.393 e. The van der Waals surface area contributed by atoms with Crippen LogP contribution in [0.2, 0.25) is 0 Å². The minimum atomic E-state index is -0.997. The van der Waals surface area contributed by atoms with E-state index >= 15 is 0 Å². The molecule has 9 heteroatoms. The van der Waals surface area contributed by atoms with Gasteiger partial charge in [-0.2, -0.15) is 14.4 Å². The third-order valence-corrected chi connectivity index (χ3v) is 5.26. The topological polar surface area (TPSA) is 119 Å². The number of nitrogens with zero attached hydrogens (tertiary/aromatic N) is 4. The van der Waals surface area contributed by atoms with E-state index in [1.54, 1.807) is 0 Å². The molecule has 8 nitrogen and oxygen atoms in total. The molecule has 4 rings (SSSR count). The zero-order chi connectivity index (χ0) is 16.9. The van der Waals surface area contributed by atoms with Crippen molar-refractivity contribution in [2.24, 2.45) is 5.92 Å². The Morgan fingerprint density at radius 2 is 2.21 bits per heavy atom. The number of aromatic nitrogens is 4. The number of nitrogens with two attached hydrogens (primary N) is 1. The molecule has 1 saturated heterocycles. The van der Waals surface area contributed by atoms with E-state index in [4.69, 9.17) is 10.5 Å². The highest BCUT2D eigenvalue weighted by atomic mass is 19.1. The monoisotopic (exact) mass is 337 g/mol. The van der Waals surface area contributed by atoms with Crippen molar-refractivity contribution in [1.29, 1.82) is 0 Å². The van der Waals surface area contributed by atoms with Gasteiger partial charge >= 0.3 is 6.08 Å². The van der Waals surface area contributed by atoms with Crippen molar-refractivity contribution in [3.05, 3.63) is 12.4 Å². The molecule has 4 N–H and O–H groups in total. The molecule has 2 fully saturated rings. The van der Waals surface area contributed by atoms with Crippen molar-refractivity contribution in [3.8, 4) is 0 Å². The van der Waals surface area contributed by atoms with Crippen LogP contribution in [0, 0.1) is 12.0 Å². The molecule has 2 aromatic heterocycles. The summed E-state index contributed by atoms with van der Waals surface area (Å²) >= 11 is 0. The fourth-order valence-electron chi connectivity index (χ4n) is 3.67. The Balaban J connectivity index is 1.66. The van der Waals surface area contributed by atoms with Gasteiger partial charge in [-0.25, -0.2) is 4.98 Å². The van der Waals surface area contributed by atoms with Gasteiger partial charge in [0.1, 0.15) is 11.8 Å². The summed E-state index contributed by atoms with van der Waals surface area (Å²) in [5.74, 6) is 0.415. The Hall–Kier alpha value is -1.84. The smallest absolute Gasteiger partial charge is 0.312 e.